The van der Waals surface area contributed by atoms with Gasteiger partial charge in [-0.2, -0.15) is 0 Å². The first kappa shape index (κ1) is 10.4. The molecule has 1 rings (SSSR count). The zero-order valence-corrected chi connectivity index (χ0v) is 6.92. The zero-order chi connectivity index (χ0) is 10.2. The van der Waals surface area contributed by atoms with Crippen molar-refractivity contribution >= 4 is 5.97 Å². The van der Waals surface area contributed by atoms with E-state index in [4.69, 9.17) is 15.9 Å². The fraction of sp³-hybridized carbons (Fsp3) is 0.857. The fourth-order valence-electron chi connectivity index (χ4n) is 1.50. The van der Waals surface area contributed by atoms with E-state index in [1.807, 2.05) is 0 Å². The minimum Gasteiger partial charge on any atom is -0.480 e. The molecule has 13 heavy (non-hydrogen) atoms. The molecule has 0 aliphatic heterocycles. The molecule has 1 aliphatic rings. The number of nitrogens with two attached hydrogens (primary N) is 1. The third kappa shape index (κ3) is 1.80. The van der Waals surface area contributed by atoms with E-state index in [1.54, 1.807) is 0 Å². The molecule has 2 atom stereocenters. The Bertz CT molecular complexity index is 207. The predicted octanol–water partition coefficient (Wildman–Crippen LogP) is -2.35. The Kier molecular flexibility index (Phi) is 2.58. The average Bonchev–Trinajstić information content (AvgIpc) is 2.00. The molecule has 0 spiro atoms. The maximum absolute atomic E-state index is 10.6. The number of carbonyl (C=O) groups is 1. The lowest BCUT2D eigenvalue weighted by Gasteiger charge is -2.38. The molecule has 0 saturated heterocycles. The van der Waals surface area contributed by atoms with E-state index in [0.717, 1.165) is 0 Å². The van der Waals surface area contributed by atoms with Crippen molar-refractivity contribution in [2.24, 2.45) is 5.73 Å². The normalized spacial score (nSPS) is 46.0. The van der Waals surface area contributed by atoms with Gasteiger partial charge in [0.2, 0.25) is 0 Å². The number of aliphatic carboxylic acids is 1. The van der Waals surface area contributed by atoms with Crippen LogP contribution in [0.25, 0.3) is 0 Å². The highest BCUT2D eigenvalue weighted by Gasteiger charge is 2.46. The fourth-order valence-corrected chi connectivity index (χ4v) is 1.50. The van der Waals surface area contributed by atoms with Crippen molar-refractivity contribution < 1.29 is 25.2 Å². The lowest BCUT2D eigenvalue weighted by molar-refractivity contribution is -0.156. The zero-order valence-electron chi connectivity index (χ0n) is 6.92. The molecule has 0 radical (unpaired) electrons. The van der Waals surface area contributed by atoms with Crippen LogP contribution >= 0.6 is 0 Å². The average molecular weight is 191 g/mol. The molecular weight excluding hydrogens is 178 g/mol. The number of aliphatic hydroxyl groups excluding tert-OH is 3. The van der Waals surface area contributed by atoms with Crippen molar-refractivity contribution in [3.8, 4) is 0 Å². The first-order valence-electron chi connectivity index (χ1n) is 3.93. The van der Waals surface area contributed by atoms with Gasteiger partial charge in [0.05, 0.1) is 12.2 Å². The Balaban J connectivity index is 2.79. The first-order chi connectivity index (χ1) is 5.87. The summed E-state index contributed by atoms with van der Waals surface area (Å²) in [5.41, 5.74) is 3.77. The van der Waals surface area contributed by atoms with E-state index < -0.39 is 29.8 Å². The summed E-state index contributed by atoms with van der Waals surface area (Å²) in [7, 11) is 0. The molecule has 1 saturated carbocycles. The summed E-state index contributed by atoms with van der Waals surface area (Å²) in [5.74, 6) is -1.28. The summed E-state index contributed by atoms with van der Waals surface area (Å²) in [6.07, 6.45) is -4.38. The molecule has 0 aromatic heterocycles. The maximum Gasteiger partial charge on any atom is 0.323 e. The van der Waals surface area contributed by atoms with Crippen LogP contribution in [0.5, 0.6) is 0 Å². The summed E-state index contributed by atoms with van der Waals surface area (Å²) in [6, 6.07) is 0. The predicted molar refractivity (Wildman–Crippen MR) is 41.8 cm³/mol. The molecule has 6 heteroatoms. The Hall–Kier alpha value is -0.690. The summed E-state index contributed by atoms with van der Waals surface area (Å²) < 4.78 is 0. The number of hydrogen-bond donors (Lipinski definition) is 5. The number of hydrogen-bond acceptors (Lipinski definition) is 5. The van der Waals surface area contributed by atoms with Gasteiger partial charge in [0.1, 0.15) is 11.6 Å². The lowest BCUT2D eigenvalue weighted by atomic mass is 9.78. The molecule has 0 aromatic rings. The minimum absolute atomic E-state index is 0.249. The second-order valence-corrected chi connectivity index (χ2v) is 3.49. The Morgan fingerprint density at radius 2 is 1.62 bits per heavy atom. The molecule has 76 valence electrons. The number of rotatable bonds is 1. The van der Waals surface area contributed by atoms with Gasteiger partial charge >= 0.3 is 5.97 Å². The van der Waals surface area contributed by atoms with Crippen LogP contribution in [-0.2, 0) is 4.79 Å². The number of carboxylic acids is 1. The van der Waals surface area contributed by atoms with Crippen LogP contribution in [0, 0.1) is 0 Å². The van der Waals surface area contributed by atoms with Crippen LogP contribution in [0.1, 0.15) is 12.8 Å². The van der Waals surface area contributed by atoms with Gasteiger partial charge < -0.3 is 26.2 Å². The monoisotopic (exact) mass is 191 g/mol. The third-order valence-electron chi connectivity index (χ3n) is 2.36. The molecule has 0 bridgehead atoms. The van der Waals surface area contributed by atoms with Crippen molar-refractivity contribution in [2.75, 3.05) is 0 Å². The third-order valence-corrected chi connectivity index (χ3v) is 2.36. The minimum atomic E-state index is -1.64. The summed E-state index contributed by atoms with van der Waals surface area (Å²) in [5, 5.41) is 36.2. The molecule has 0 amide bonds. The molecular formula is C7H13NO5. The standard InChI is InChI=1S/C7H13NO5/c8-7(6(12)13)1-3(9)5(11)4(10)2-7/h3-5,9-11H,1-2,8H2,(H,12,13)/t3-,4-,5?,7?/m1/s1. The number of carboxylic acid groups (broad SMARTS) is 1. The first-order valence-corrected chi connectivity index (χ1v) is 3.93. The van der Waals surface area contributed by atoms with E-state index in [0.29, 0.717) is 0 Å². The van der Waals surface area contributed by atoms with Crippen LogP contribution in [-0.4, -0.2) is 50.2 Å². The van der Waals surface area contributed by atoms with Gasteiger partial charge in [0.15, 0.2) is 0 Å². The van der Waals surface area contributed by atoms with Crippen molar-refractivity contribution in [2.45, 2.75) is 36.7 Å². The van der Waals surface area contributed by atoms with Gasteiger partial charge in [-0.1, -0.05) is 0 Å². The largest absolute Gasteiger partial charge is 0.480 e. The van der Waals surface area contributed by atoms with Gasteiger partial charge in [-0.3, -0.25) is 4.79 Å². The van der Waals surface area contributed by atoms with Crippen LogP contribution in [0.2, 0.25) is 0 Å². The Morgan fingerprint density at radius 3 is 1.92 bits per heavy atom. The molecule has 1 aliphatic carbocycles. The molecule has 6 N–H and O–H groups in total. The van der Waals surface area contributed by atoms with E-state index in [9.17, 15) is 15.0 Å². The highest BCUT2D eigenvalue weighted by Crippen LogP contribution is 2.27. The second-order valence-electron chi connectivity index (χ2n) is 3.49. The Labute approximate surface area is 74.6 Å². The van der Waals surface area contributed by atoms with Crippen LogP contribution < -0.4 is 5.73 Å². The smallest absolute Gasteiger partial charge is 0.323 e. The second kappa shape index (κ2) is 3.22. The van der Waals surface area contributed by atoms with Gasteiger partial charge in [-0.25, -0.2) is 0 Å². The molecule has 0 heterocycles. The van der Waals surface area contributed by atoms with E-state index >= 15 is 0 Å². The highest BCUT2D eigenvalue weighted by atomic mass is 16.4. The van der Waals surface area contributed by atoms with E-state index in [1.165, 1.54) is 0 Å². The van der Waals surface area contributed by atoms with Crippen molar-refractivity contribution in [1.29, 1.82) is 0 Å². The maximum atomic E-state index is 10.6. The molecule has 0 aromatic carbocycles. The van der Waals surface area contributed by atoms with Gasteiger partial charge in [-0.05, 0) is 0 Å². The highest BCUT2D eigenvalue weighted by molar-refractivity contribution is 5.78. The van der Waals surface area contributed by atoms with Crippen molar-refractivity contribution in [3.63, 3.8) is 0 Å². The summed E-state index contributed by atoms with van der Waals surface area (Å²) >= 11 is 0. The van der Waals surface area contributed by atoms with Crippen molar-refractivity contribution in [1.82, 2.24) is 0 Å². The topological polar surface area (TPSA) is 124 Å². The van der Waals surface area contributed by atoms with Crippen LogP contribution in [0.3, 0.4) is 0 Å². The SMILES string of the molecule is NC1(C(=O)O)C[C@@H](O)C(O)[C@H](O)C1. The molecule has 1 fully saturated rings. The molecule has 0 unspecified atom stereocenters. The van der Waals surface area contributed by atoms with Crippen LogP contribution in [0.4, 0.5) is 0 Å². The van der Waals surface area contributed by atoms with E-state index in [2.05, 4.69) is 0 Å². The van der Waals surface area contributed by atoms with E-state index in [-0.39, 0.29) is 12.8 Å². The quantitative estimate of drug-likeness (QED) is 0.316. The van der Waals surface area contributed by atoms with Gasteiger partial charge in [-0.15, -0.1) is 0 Å². The van der Waals surface area contributed by atoms with Gasteiger partial charge in [0.25, 0.3) is 0 Å². The lowest BCUT2D eigenvalue weighted by Crippen LogP contribution is -2.60. The molecule has 6 nitrogen and oxygen atoms in total. The van der Waals surface area contributed by atoms with Gasteiger partial charge in [0, 0.05) is 12.8 Å². The summed E-state index contributed by atoms with van der Waals surface area (Å²) in [6.45, 7) is 0. The van der Waals surface area contributed by atoms with Crippen molar-refractivity contribution in [3.05, 3.63) is 0 Å². The van der Waals surface area contributed by atoms with Crippen LogP contribution in [0.15, 0.2) is 0 Å². The summed E-state index contributed by atoms with van der Waals surface area (Å²) in [4.78, 5) is 10.6. The number of aliphatic hydroxyl groups is 3. The Morgan fingerprint density at radius 1 is 1.23 bits per heavy atom.